The predicted octanol–water partition coefficient (Wildman–Crippen LogP) is -0.341. The van der Waals surface area contributed by atoms with Gasteiger partial charge in [0.1, 0.15) is 0 Å². The number of carbonyl (C=O) groups excluding carboxylic acids is 1. The lowest BCUT2D eigenvalue weighted by Crippen LogP contribution is -2.50. The predicted molar refractivity (Wildman–Crippen MR) is 63.9 cm³/mol. The number of hydrogen-bond acceptors (Lipinski definition) is 5. The van der Waals surface area contributed by atoms with Crippen LogP contribution in [-0.2, 0) is 13.0 Å². The van der Waals surface area contributed by atoms with Crippen molar-refractivity contribution in [2.45, 2.75) is 19.1 Å². The van der Waals surface area contributed by atoms with Gasteiger partial charge in [-0.2, -0.15) is 0 Å². The molecule has 7 nitrogen and oxygen atoms in total. The maximum Gasteiger partial charge on any atom is 0.491 e. The van der Waals surface area contributed by atoms with Crippen LogP contribution in [0.5, 0.6) is 0 Å². The highest BCUT2D eigenvalue weighted by atomic mass is 28.4. The highest BCUT2D eigenvalue weighted by Crippen LogP contribution is 2.14. The summed E-state index contributed by atoms with van der Waals surface area (Å²) in [5.74, 6) is 4.93. The summed E-state index contributed by atoms with van der Waals surface area (Å²) in [6, 6.07) is 0.0807. The van der Waals surface area contributed by atoms with Crippen LogP contribution < -0.4 is 16.6 Å². The topological polar surface area (TPSA) is 94.8 Å². The highest BCUT2D eigenvalue weighted by molar-refractivity contribution is 6.70. The van der Waals surface area contributed by atoms with Crippen LogP contribution in [0.3, 0.4) is 0 Å². The molecule has 95 valence electrons. The summed E-state index contributed by atoms with van der Waals surface area (Å²) < 4.78 is 16.4. The standard InChI is InChI=1S/C7H20N3O4Si2/c1-12-16(13-2,14-15(3)4)6-5-9-7(11)10-8/h5-6,8H2,1-4H3,(H2,9,10,11). The molecule has 9 heteroatoms. The molecule has 1 radical (unpaired) electrons. The first kappa shape index (κ1) is 15.5. The summed E-state index contributed by atoms with van der Waals surface area (Å²) in [4.78, 5) is 10.8. The van der Waals surface area contributed by atoms with Crippen molar-refractivity contribution < 1.29 is 17.8 Å². The second-order valence-corrected chi connectivity index (χ2v) is 8.57. The van der Waals surface area contributed by atoms with Crippen LogP contribution >= 0.6 is 0 Å². The summed E-state index contributed by atoms with van der Waals surface area (Å²) in [5, 5.41) is 2.56. The number of nitrogens with one attached hydrogen (secondary N) is 2. The Kier molecular flexibility index (Phi) is 7.54. The van der Waals surface area contributed by atoms with E-state index in [9.17, 15) is 4.79 Å². The molecule has 0 aromatic rings. The Labute approximate surface area is 98.7 Å². The van der Waals surface area contributed by atoms with E-state index in [1.54, 1.807) is 14.2 Å². The molecular weight excluding hydrogens is 246 g/mol. The maximum absolute atomic E-state index is 10.8. The molecule has 0 unspecified atom stereocenters. The highest BCUT2D eigenvalue weighted by Gasteiger charge is 2.39. The van der Waals surface area contributed by atoms with E-state index in [0.29, 0.717) is 12.6 Å². The van der Waals surface area contributed by atoms with Crippen LogP contribution in [0.1, 0.15) is 0 Å². The van der Waals surface area contributed by atoms with Gasteiger partial charge in [-0.3, -0.25) is 5.43 Å². The number of nitrogens with two attached hydrogens (primary N) is 1. The van der Waals surface area contributed by atoms with Gasteiger partial charge in [-0.15, -0.1) is 0 Å². The van der Waals surface area contributed by atoms with Crippen molar-refractivity contribution in [2.24, 2.45) is 5.84 Å². The summed E-state index contributed by atoms with van der Waals surface area (Å²) in [7, 11) is -0.418. The molecular formula is C7H20N3O4Si2. The third-order valence-electron chi connectivity index (χ3n) is 1.83. The van der Waals surface area contributed by atoms with Crippen molar-refractivity contribution in [3.63, 3.8) is 0 Å². The minimum absolute atomic E-state index is 0.395. The van der Waals surface area contributed by atoms with Crippen LogP contribution in [0.15, 0.2) is 0 Å². The fourth-order valence-corrected chi connectivity index (χ4v) is 5.68. The molecule has 4 N–H and O–H groups in total. The molecule has 0 aliphatic heterocycles. The molecule has 0 saturated carbocycles. The van der Waals surface area contributed by atoms with Crippen molar-refractivity contribution in [1.82, 2.24) is 10.7 Å². The van der Waals surface area contributed by atoms with E-state index in [1.807, 2.05) is 18.5 Å². The first-order valence-corrected chi connectivity index (χ1v) is 9.17. The van der Waals surface area contributed by atoms with Crippen molar-refractivity contribution >= 4 is 23.9 Å². The molecule has 2 amide bonds. The third kappa shape index (κ3) is 5.58. The van der Waals surface area contributed by atoms with Gasteiger partial charge in [0, 0.05) is 26.8 Å². The van der Waals surface area contributed by atoms with Crippen molar-refractivity contribution in [3.05, 3.63) is 0 Å². The maximum atomic E-state index is 10.8. The summed E-state index contributed by atoms with van der Waals surface area (Å²) in [6.07, 6.45) is 0. The largest absolute Gasteiger partial charge is 0.491 e. The molecule has 0 aromatic heterocycles. The number of amides is 2. The Morgan fingerprint density at radius 1 is 1.38 bits per heavy atom. The van der Waals surface area contributed by atoms with Crippen molar-refractivity contribution in [2.75, 3.05) is 20.8 Å². The van der Waals surface area contributed by atoms with E-state index >= 15 is 0 Å². The van der Waals surface area contributed by atoms with E-state index < -0.39 is 23.9 Å². The molecule has 0 saturated heterocycles. The van der Waals surface area contributed by atoms with Crippen LogP contribution in [-0.4, -0.2) is 44.6 Å². The molecule has 0 aromatic carbocycles. The monoisotopic (exact) mass is 266 g/mol. The van der Waals surface area contributed by atoms with Crippen molar-refractivity contribution in [1.29, 1.82) is 0 Å². The zero-order valence-corrected chi connectivity index (χ0v) is 12.1. The first-order valence-electron chi connectivity index (χ1n) is 4.83. The van der Waals surface area contributed by atoms with E-state index in [2.05, 4.69) is 5.32 Å². The summed E-state index contributed by atoms with van der Waals surface area (Å²) in [6.45, 7) is 4.40. The molecule has 16 heavy (non-hydrogen) atoms. The van der Waals surface area contributed by atoms with E-state index in [4.69, 9.17) is 18.8 Å². The Hall–Kier alpha value is -0.456. The minimum atomic E-state index is -2.62. The van der Waals surface area contributed by atoms with Gasteiger partial charge in [0.2, 0.25) is 0 Å². The molecule has 0 rings (SSSR count). The Morgan fingerprint density at radius 3 is 2.31 bits per heavy atom. The second kappa shape index (κ2) is 7.76. The Balaban J connectivity index is 4.16. The lowest BCUT2D eigenvalue weighted by Gasteiger charge is -2.28. The van der Waals surface area contributed by atoms with Gasteiger partial charge in [-0.1, -0.05) is 0 Å². The van der Waals surface area contributed by atoms with E-state index in [0.717, 1.165) is 0 Å². The lowest BCUT2D eigenvalue weighted by molar-refractivity contribution is 0.161. The van der Waals surface area contributed by atoms with E-state index in [1.165, 1.54) is 0 Å². The lowest BCUT2D eigenvalue weighted by atomic mass is 10.7. The van der Waals surface area contributed by atoms with Crippen LogP contribution in [0, 0.1) is 0 Å². The number of rotatable bonds is 7. The first-order chi connectivity index (χ1) is 7.49. The van der Waals surface area contributed by atoms with Gasteiger partial charge in [0.25, 0.3) is 0 Å². The number of hydrazine groups is 1. The molecule has 0 atom stereocenters. The zero-order chi connectivity index (χ0) is 12.6. The SMILES string of the molecule is CO[Si](CCNC(=O)NN)(OC)O[Si](C)C. The van der Waals surface area contributed by atoms with Crippen LogP contribution in [0.4, 0.5) is 4.79 Å². The fourth-order valence-electron chi connectivity index (χ4n) is 1.11. The molecule has 0 bridgehead atoms. The van der Waals surface area contributed by atoms with Crippen LogP contribution in [0.25, 0.3) is 0 Å². The Bertz CT molecular complexity index is 214. The summed E-state index contributed by atoms with van der Waals surface area (Å²) >= 11 is 0. The molecule has 0 aliphatic carbocycles. The van der Waals surface area contributed by atoms with Gasteiger partial charge in [-0.05, 0) is 13.1 Å². The van der Waals surface area contributed by atoms with Gasteiger partial charge in [0.15, 0.2) is 9.04 Å². The minimum Gasteiger partial charge on any atom is -0.415 e. The average Bonchev–Trinajstić information content (AvgIpc) is 2.26. The van der Waals surface area contributed by atoms with Gasteiger partial charge < -0.3 is 18.3 Å². The quantitative estimate of drug-likeness (QED) is 0.254. The van der Waals surface area contributed by atoms with Crippen LogP contribution in [0.2, 0.25) is 19.1 Å². The Morgan fingerprint density at radius 2 is 1.94 bits per heavy atom. The zero-order valence-electron chi connectivity index (χ0n) is 10.1. The fraction of sp³-hybridized carbons (Fsp3) is 0.857. The third-order valence-corrected chi connectivity index (χ3v) is 6.81. The number of urea groups is 1. The molecule has 0 heterocycles. The number of hydrogen-bond donors (Lipinski definition) is 3. The normalized spacial score (nSPS) is 11.6. The average molecular weight is 266 g/mol. The molecule has 0 aliphatic rings. The van der Waals surface area contributed by atoms with Gasteiger partial charge in [-0.25, -0.2) is 10.6 Å². The smallest absolute Gasteiger partial charge is 0.415 e. The second-order valence-electron chi connectivity index (χ2n) is 3.25. The van der Waals surface area contributed by atoms with Crippen molar-refractivity contribution in [3.8, 4) is 0 Å². The molecule has 0 fully saturated rings. The summed E-state index contributed by atoms with van der Waals surface area (Å²) in [5.41, 5.74) is 1.98. The molecule has 0 spiro atoms. The van der Waals surface area contributed by atoms with E-state index in [-0.39, 0.29) is 0 Å². The van der Waals surface area contributed by atoms with Gasteiger partial charge >= 0.3 is 14.8 Å². The number of carbonyl (C=O) groups is 1. The van der Waals surface area contributed by atoms with Gasteiger partial charge in [0.05, 0.1) is 0 Å².